The van der Waals surface area contributed by atoms with E-state index in [-0.39, 0.29) is 18.3 Å². The minimum Gasteiger partial charge on any atom is -0.469 e. The van der Waals surface area contributed by atoms with Crippen LogP contribution in [0.25, 0.3) is 5.65 Å². The van der Waals surface area contributed by atoms with Gasteiger partial charge in [-0.2, -0.15) is 0 Å². The van der Waals surface area contributed by atoms with Crippen LogP contribution in [0.4, 0.5) is 0 Å². The van der Waals surface area contributed by atoms with Gasteiger partial charge >= 0.3 is 5.97 Å². The molecule has 0 aliphatic rings. The second-order valence-electron chi connectivity index (χ2n) is 3.70. The van der Waals surface area contributed by atoms with Crippen LogP contribution in [0.5, 0.6) is 0 Å². The summed E-state index contributed by atoms with van der Waals surface area (Å²) in [6, 6.07) is 0. The van der Waals surface area contributed by atoms with Gasteiger partial charge in [-0.05, 0) is 0 Å². The summed E-state index contributed by atoms with van der Waals surface area (Å²) in [7, 11) is 1.37. The molecule has 0 aliphatic carbocycles. The molecule has 2 N–H and O–H groups in total. The molecule has 0 bridgehead atoms. The number of fused-ring (bicyclic) bond motifs is 1. The van der Waals surface area contributed by atoms with E-state index in [4.69, 9.17) is 5.73 Å². The molecular formula is C11H14N4O2. The molecule has 2 aromatic rings. The van der Waals surface area contributed by atoms with E-state index in [0.717, 1.165) is 11.3 Å². The molecular weight excluding hydrogens is 220 g/mol. The van der Waals surface area contributed by atoms with Crippen LogP contribution < -0.4 is 5.73 Å². The average molecular weight is 234 g/mol. The van der Waals surface area contributed by atoms with Crippen molar-refractivity contribution in [3.05, 3.63) is 30.5 Å². The Bertz CT molecular complexity index is 523. The summed E-state index contributed by atoms with van der Waals surface area (Å²) in [5.41, 5.74) is 7.33. The first-order valence-electron chi connectivity index (χ1n) is 5.30. The monoisotopic (exact) mass is 234 g/mol. The summed E-state index contributed by atoms with van der Waals surface area (Å²) < 4.78 is 6.54. The molecule has 1 unspecified atom stereocenters. The first kappa shape index (κ1) is 11.5. The van der Waals surface area contributed by atoms with E-state index < -0.39 is 0 Å². The predicted molar refractivity (Wildman–Crippen MR) is 61.4 cm³/mol. The molecule has 17 heavy (non-hydrogen) atoms. The molecule has 2 heterocycles. The number of imidazole rings is 1. The number of nitrogens with zero attached hydrogens (tertiary/aromatic N) is 3. The number of aromatic nitrogens is 3. The van der Waals surface area contributed by atoms with Crippen LogP contribution in [0.2, 0.25) is 0 Å². The van der Waals surface area contributed by atoms with Crippen molar-refractivity contribution in [1.29, 1.82) is 0 Å². The van der Waals surface area contributed by atoms with Crippen molar-refractivity contribution in [3.8, 4) is 0 Å². The highest BCUT2D eigenvalue weighted by Crippen LogP contribution is 2.19. The van der Waals surface area contributed by atoms with Crippen LogP contribution in [0, 0.1) is 0 Å². The maximum atomic E-state index is 11.3. The number of ether oxygens (including phenoxy) is 1. The van der Waals surface area contributed by atoms with Crippen LogP contribution >= 0.6 is 0 Å². The summed E-state index contributed by atoms with van der Waals surface area (Å²) in [5, 5.41) is 0. The molecule has 0 amide bonds. The highest BCUT2D eigenvalue weighted by atomic mass is 16.5. The zero-order valence-corrected chi connectivity index (χ0v) is 9.54. The number of hydrogen-bond donors (Lipinski definition) is 1. The first-order valence-corrected chi connectivity index (χ1v) is 5.30. The van der Waals surface area contributed by atoms with Gasteiger partial charge in [-0.1, -0.05) is 0 Å². The molecule has 0 fully saturated rings. The Morgan fingerprint density at radius 1 is 1.59 bits per heavy atom. The van der Waals surface area contributed by atoms with Gasteiger partial charge in [-0.25, -0.2) is 4.98 Å². The van der Waals surface area contributed by atoms with Crippen molar-refractivity contribution in [2.45, 2.75) is 12.3 Å². The zero-order valence-electron chi connectivity index (χ0n) is 9.54. The third-order valence-corrected chi connectivity index (χ3v) is 2.69. The molecule has 0 aliphatic heterocycles. The van der Waals surface area contributed by atoms with Gasteiger partial charge in [-0.15, -0.1) is 0 Å². The standard InChI is InChI=1S/C11H14N4O2/c1-17-11(16)4-8(5-12)9-6-14-10-7-13-2-3-15(9)10/h2-3,6-8H,4-5,12H2,1H3. The van der Waals surface area contributed by atoms with E-state index >= 15 is 0 Å². The summed E-state index contributed by atoms with van der Waals surface area (Å²) >= 11 is 0. The molecule has 1 atom stereocenters. The number of hydrogen-bond acceptors (Lipinski definition) is 5. The van der Waals surface area contributed by atoms with Crippen LogP contribution in [0.3, 0.4) is 0 Å². The SMILES string of the molecule is COC(=O)CC(CN)c1cnc2cnccn12. The van der Waals surface area contributed by atoms with Crippen molar-refractivity contribution in [1.82, 2.24) is 14.4 Å². The number of esters is 1. The third kappa shape index (κ3) is 2.26. The number of rotatable bonds is 4. The number of carbonyl (C=O) groups is 1. The number of carbonyl (C=O) groups excluding carboxylic acids is 1. The van der Waals surface area contributed by atoms with Gasteiger partial charge in [0, 0.05) is 36.7 Å². The van der Waals surface area contributed by atoms with Crippen LogP contribution in [0.15, 0.2) is 24.8 Å². The van der Waals surface area contributed by atoms with Crippen LogP contribution in [-0.2, 0) is 9.53 Å². The van der Waals surface area contributed by atoms with Gasteiger partial charge in [0.1, 0.15) is 0 Å². The fourth-order valence-electron chi connectivity index (χ4n) is 1.76. The lowest BCUT2D eigenvalue weighted by molar-refractivity contribution is -0.141. The molecule has 0 aromatic carbocycles. The summed E-state index contributed by atoms with van der Waals surface area (Å²) in [5.74, 6) is -0.371. The van der Waals surface area contributed by atoms with E-state index in [1.807, 2.05) is 4.40 Å². The van der Waals surface area contributed by atoms with E-state index in [2.05, 4.69) is 14.7 Å². The molecule has 90 valence electrons. The summed E-state index contributed by atoms with van der Waals surface area (Å²) in [4.78, 5) is 19.5. The Morgan fingerprint density at radius 2 is 2.41 bits per heavy atom. The number of nitrogens with two attached hydrogens (primary N) is 1. The molecule has 2 aromatic heterocycles. The van der Waals surface area contributed by atoms with Gasteiger partial charge in [0.05, 0.1) is 19.7 Å². The van der Waals surface area contributed by atoms with Gasteiger partial charge < -0.3 is 14.9 Å². The minimum absolute atomic E-state index is 0.0974. The molecule has 6 nitrogen and oxygen atoms in total. The lowest BCUT2D eigenvalue weighted by Crippen LogP contribution is -2.18. The molecule has 0 radical (unpaired) electrons. The fourth-order valence-corrected chi connectivity index (χ4v) is 1.76. The maximum absolute atomic E-state index is 11.3. The lowest BCUT2D eigenvalue weighted by Gasteiger charge is -2.12. The van der Waals surface area contributed by atoms with E-state index in [0.29, 0.717) is 6.54 Å². The molecule has 0 spiro atoms. The Balaban J connectivity index is 2.33. The van der Waals surface area contributed by atoms with Crippen LogP contribution in [0.1, 0.15) is 18.0 Å². The van der Waals surface area contributed by atoms with Crippen molar-refractivity contribution in [2.75, 3.05) is 13.7 Å². The smallest absolute Gasteiger partial charge is 0.306 e. The highest BCUT2D eigenvalue weighted by Gasteiger charge is 2.18. The Kier molecular flexibility index (Phi) is 3.34. The van der Waals surface area contributed by atoms with Crippen LogP contribution in [-0.4, -0.2) is 34.0 Å². The largest absolute Gasteiger partial charge is 0.469 e. The fraction of sp³-hybridized carbons (Fsp3) is 0.364. The van der Waals surface area contributed by atoms with Gasteiger partial charge in [-0.3, -0.25) is 9.78 Å². The van der Waals surface area contributed by atoms with E-state index in [1.54, 1.807) is 24.8 Å². The molecule has 0 saturated heterocycles. The topological polar surface area (TPSA) is 82.5 Å². The van der Waals surface area contributed by atoms with Crippen molar-refractivity contribution >= 4 is 11.6 Å². The minimum atomic E-state index is -0.274. The second kappa shape index (κ2) is 4.92. The van der Waals surface area contributed by atoms with Crippen molar-refractivity contribution in [2.24, 2.45) is 5.73 Å². The summed E-state index contributed by atoms with van der Waals surface area (Å²) in [6.07, 6.45) is 7.11. The van der Waals surface area contributed by atoms with Gasteiger partial charge in [0.2, 0.25) is 0 Å². The number of methoxy groups -OCH3 is 1. The average Bonchev–Trinajstić information content (AvgIpc) is 2.79. The van der Waals surface area contributed by atoms with Crippen molar-refractivity contribution < 1.29 is 9.53 Å². The molecule has 2 rings (SSSR count). The predicted octanol–water partition coefficient (Wildman–Crippen LogP) is 0.335. The second-order valence-corrected chi connectivity index (χ2v) is 3.70. The molecule has 6 heteroatoms. The first-order chi connectivity index (χ1) is 8.26. The quantitative estimate of drug-likeness (QED) is 0.771. The van der Waals surface area contributed by atoms with Gasteiger partial charge in [0.15, 0.2) is 5.65 Å². The lowest BCUT2D eigenvalue weighted by atomic mass is 10.0. The Labute approximate surface area is 98.4 Å². The summed E-state index contributed by atoms with van der Waals surface area (Å²) in [6.45, 7) is 0.366. The molecule has 0 saturated carbocycles. The third-order valence-electron chi connectivity index (χ3n) is 2.69. The van der Waals surface area contributed by atoms with Gasteiger partial charge in [0.25, 0.3) is 0 Å². The normalized spacial score (nSPS) is 12.6. The Hall–Kier alpha value is -1.95. The maximum Gasteiger partial charge on any atom is 0.306 e. The van der Waals surface area contributed by atoms with E-state index in [9.17, 15) is 4.79 Å². The van der Waals surface area contributed by atoms with Crippen molar-refractivity contribution in [3.63, 3.8) is 0 Å². The Morgan fingerprint density at radius 3 is 3.12 bits per heavy atom. The zero-order chi connectivity index (χ0) is 12.3. The highest BCUT2D eigenvalue weighted by molar-refractivity contribution is 5.70. The van der Waals surface area contributed by atoms with E-state index in [1.165, 1.54) is 7.11 Å².